The molecule has 2 N–H and O–H groups in total. The second kappa shape index (κ2) is 8.96. The smallest absolute Gasteiger partial charge is 0.220 e. The predicted molar refractivity (Wildman–Crippen MR) is 44.6 cm³/mol. The maximum atomic E-state index is 10.3. The van der Waals surface area contributed by atoms with Gasteiger partial charge in [0.25, 0.3) is 0 Å². The van der Waals surface area contributed by atoms with Crippen LogP contribution in [0.2, 0.25) is 0 Å². The molecule has 0 aromatic heterocycles. The largest absolute Gasteiger partial charge is 0.369 e. The molecule has 0 aliphatic heterocycles. The molecule has 0 spiro atoms. The van der Waals surface area contributed by atoms with E-state index in [0.717, 1.165) is 0 Å². The van der Waals surface area contributed by atoms with Crippen LogP contribution < -0.4 is 5.73 Å². The van der Waals surface area contributed by atoms with Crippen LogP contribution in [0, 0.1) is 17.2 Å². The Balaban J connectivity index is 0. The molecule has 3 heteroatoms. The Morgan fingerprint density at radius 3 is 2.36 bits per heavy atom. The van der Waals surface area contributed by atoms with E-state index in [2.05, 4.69) is 0 Å². The molecule has 64 valence electrons. The summed E-state index contributed by atoms with van der Waals surface area (Å²) in [5.41, 5.74) is 4.93. The zero-order valence-corrected chi connectivity index (χ0v) is 7.42. The fourth-order valence-corrected chi connectivity index (χ4v) is 0.423. The van der Waals surface area contributed by atoms with E-state index in [0.29, 0.717) is 12.8 Å². The van der Waals surface area contributed by atoms with Gasteiger partial charge in [0.1, 0.15) is 0 Å². The van der Waals surface area contributed by atoms with E-state index in [1.807, 2.05) is 19.9 Å². The first-order chi connectivity index (χ1) is 5.18. The van der Waals surface area contributed by atoms with Crippen molar-refractivity contribution in [3.8, 4) is 6.07 Å². The summed E-state index contributed by atoms with van der Waals surface area (Å²) in [6.07, 6.45) is 0.982. The molecule has 0 fully saturated rings. The van der Waals surface area contributed by atoms with Crippen LogP contribution in [0.5, 0.6) is 0 Å². The van der Waals surface area contributed by atoms with Crippen LogP contribution in [-0.4, -0.2) is 5.91 Å². The van der Waals surface area contributed by atoms with Crippen molar-refractivity contribution >= 4 is 5.91 Å². The average molecular weight is 156 g/mol. The maximum Gasteiger partial charge on any atom is 0.220 e. The second-order valence-corrected chi connectivity index (χ2v) is 2.00. The normalized spacial score (nSPS) is 10.4. The number of primary amides is 1. The Bertz CT molecular complexity index is 138. The van der Waals surface area contributed by atoms with E-state index >= 15 is 0 Å². The van der Waals surface area contributed by atoms with E-state index in [1.165, 1.54) is 0 Å². The monoisotopic (exact) mass is 156 g/mol. The van der Waals surface area contributed by atoms with Crippen LogP contribution in [0.3, 0.4) is 0 Å². The fourth-order valence-electron chi connectivity index (χ4n) is 0.423. The van der Waals surface area contributed by atoms with E-state index in [-0.39, 0.29) is 11.8 Å². The van der Waals surface area contributed by atoms with E-state index in [1.54, 1.807) is 6.92 Å². The molecule has 3 nitrogen and oxygen atoms in total. The summed E-state index contributed by atoms with van der Waals surface area (Å²) in [4.78, 5) is 10.3. The average Bonchev–Trinajstić information content (AvgIpc) is 2.03. The van der Waals surface area contributed by atoms with Crippen molar-refractivity contribution in [2.24, 2.45) is 11.7 Å². The van der Waals surface area contributed by atoms with Crippen molar-refractivity contribution in [2.45, 2.75) is 33.6 Å². The second-order valence-electron chi connectivity index (χ2n) is 2.00. The molecule has 1 amide bonds. The lowest BCUT2D eigenvalue weighted by Crippen LogP contribution is -2.20. The van der Waals surface area contributed by atoms with E-state index < -0.39 is 0 Å². The standard InChI is InChI=1S/C6H10N2O.C2H6/c1-5(6(8)9)3-2-4-7;1-2/h5H,2-3H2,1H3,(H2,8,9);1-2H3. The van der Waals surface area contributed by atoms with Gasteiger partial charge in [-0.2, -0.15) is 5.26 Å². The minimum absolute atomic E-state index is 0.162. The number of nitriles is 1. The van der Waals surface area contributed by atoms with Crippen molar-refractivity contribution in [1.29, 1.82) is 5.26 Å². The van der Waals surface area contributed by atoms with E-state index in [4.69, 9.17) is 11.0 Å². The summed E-state index contributed by atoms with van der Waals surface area (Å²) in [7, 11) is 0. The Kier molecular flexibility index (Phi) is 10.3. The minimum atomic E-state index is -0.328. The molecule has 0 aliphatic rings. The van der Waals surface area contributed by atoms with Crippen LogP contribution in [0.15, 0.2) is 0 Å². The molecule has 0 bridgehead atoms. The molecular formula is C8H16N2O. The van der Waals surface area contributed by atoms with Crippen LogP contribution in [-0.2, 0) is 4.79 Å². The summed E-state index contributed by atoms with van der Waals surface area (Å²) in [6, 6.07) is 1.95. The van der Waals surface area contributed by atoms with Gasteiger partial charge < -0.3 is 5.73 Å². The molecule has 1 atom stereocenters. The highest BCUT2D eigenvalue weighted by molar-refractivity contribution is 5.76. The first-order valence-electron chi connectivity index (χ1n) is 3.84. The zero-order chi connectivity index (χ0) is 9.28. The van der Waals surface area contributed by atoms with Crippen molar-refractivity contribution in [1.82, 2.24) is 0 Å². The number of nitrogens with zero attached hydrogens (tertiary/aromatic N) is 1. The lowest BCUT2D eigenvalue weighted by Gasteiger charge is -2.00. The summed E-state index contributed by atoms with van der Waals surface area (Å²) in [6.45, 7) is 5.72. The van der Waals surface area contributed by atoms with Crippen molar-refractivity contribution in [2.75, 3.05) is 0 Å². The number of carbonyl (C=O) groups is 1. The number of carbonyl (C=O) groups excluding carboxylic acids is 1. The summed E-state index contributed by atoms with van der Waals surface area (Å²) in [5.74, 6) is -0.491. The van der Waals surface area contributed by atoms with Crippen molar-refractivity contribution in [3.63, 3.8) is 0 Å². The first kappa shape index (κ1) is 12.6. The van der Waals surface area contributed by atoms with Crippen LogP contribution in [0.1, 0.15) is 33.6 Å². The van der Waals surface area contributed by atoms with Crippen LogP contribution >= 0.6 is 0 Å². The van der Waals surface area contributed by atoms with Gasteiger partial charge in [0.2, 0.25) is 5.91 Å². The highest BCUT2D eigenvalue weighted by Crippen LogP contribution is 2.02. The predicted octanol–water partition coefficient (Wildman–Crippen LogP) is 1.44. The van der Waals surface area contributed by atoms with Gasteiger partial charge in [0, 0.05) is 12.3 Å². The van der Waals surface area contributed by atoms with Gasteiger partial charge in [-0.3, -0.25) is 4.79 Å². The highest BCUT2D eigenvalue weighted by atomic mass is 16.1. The van der Waals surface area contributed by atoms with E-state index in [9.17, 15) is 4.79 Å². The van der Waals surface area contributed by atoms with Gasteiger partial charge in [-0.05, 0) is 6.42 Å². The van der Waals surface area contributed by atoms with Gasteiger partial charge in [0.05, 0.1) is 6.07 Å². The lowest BCUT2D eigenvalue weighted by molar-refractivity contribution is -0.121. The Morgan fingerprint density at radius 2 is 2.09 bits per heavy atom. The van der Waals surface area contributed by atoms with Gasteiger partial charge in [-0.25, -0.2) is 0 Å². The molecule has 0 aliphatic carbocycles. The fraction of sp³-hybridized carbons (Fsp3) is 0.750. The SMILES string of the molecule is CC.CC(CCC#N)C(N)=O. The Morgan fingerprint density at radius 1 is 1.64 bits per heavy atom. The molecule has 0 aromatic carbocycles. The number of hydrogen-bond acceptors (Lipinski definition) is 2. The minimum Gasteiger partial charge on any atom is -0.369 e. The molecule has 0 rings (SSSR count). The molecule has 0 heterocycles. The summed E-state index contributed by atoms with van der Waals surface area (Å²) in [5, 5.41) is 8.09. The number of amides is 1. The topological polar surface area (TPSA) is 66.9 Å². The zero-order valence-electron chi connectivity index (χ0n) is 7.42. The van der Waals surface area contributed by atoms with Crippen LogP contribution in [0.25, 0.3) is 0 Å². The number of nitrogens with two attached hydrogens (primary N) is 1. The van der Waals surface area contributed by atoms with Gasteiger partial charge >= 0.3 is 0 Å². The van der Waals surface area contributed by atoms with Crippen LogP contribution in [0.4, 0.5) is 0 Å². The Labute approximate surface area is 68.2 Å². The highest BCUT2D eigenvalue weighted by Gasteiger charge is 2.06. The molecule has 1 unspecified atom stereocenters. The molecule has 0 aromatic rings. The molecule has 11 heavy (non-hydrogen) atoms. The number of hydrogen-bond donors (Lipinski definition) is 1. The maximum absolute atomic E-state index is 10.3. The van der Waals surface area contributed by atoms with Gasteiger partial charge in [-0.15, -0.1) is 0 Å². The molecule has 0 saturated carbocycles. The summed E-state index contributed by atoms with van der Waals surface area (Å²) >= 11 is 0. The van der Waals surface area contributed by atoms with Gasteiger partial charge in [-0.1, -0.05) is 20.8 Å². The first-order valence-corrected chi connectivity index (χ1v) is 3.84. The Hall–Kier alpha value is -1.04. The third-order valence-electron chi connectivity index (χ3n) is 1.17. The third-order valence-corrected chi connectivity index (χ3v) is 1.17. The lowest BCUT2D eigenvalue weighted by atomic mass is 10.1. The van der Waals surface area contributed by atoms with Crippen molar-refractivity contribution < 1.29 is 4.79 Å². The molecular weight excluding hydrogens is 140 g/mol. The molecule has 0 radical (unpaired) electrons. The number of rotatable bonds is 3. The van der Waals surface area contributed by atoms with Gasteiger partial charge in [0.15, 0.2) is 0 Å². The quantitative estimate of drug-likeness (QED) is 0.671. The summed E-state index contributed by atoms with van der Waals surface area (Å²) < 4.78 is 0. The molecule has 0 saturated heterocycles. The third kappa shape index (κ3) is 8.96. The van der Waals surface area contributed by atoms with Crippen molar-refractivity contribution in [3.05, 3.63) is 0 Å².